The van der Waals surface area contributed by atoms with Crippen LogP contribution in [-0.4, -0.2) is 9.55 Å². The monoisotopic (exact) mass is 292 g/mol. The van der Waals surface area contributed by atoms with Gasteiger partial charge in [0.2, 0.25) is 0 Å². The molecule has 2 aromatic rings. The highest BCUT2D eigenvalue weighted by Gasteiger charge is 2.18. The number of aromatic nitrogens is 2. The molecular weight excluding hydrogens is 272 g/mol. The van der Waals surface area contributed by atoms with Crippen LogP contribution in [0.2, 0.25) is 0 Å². The Morgan fingerprint density at radius 1 is 1.30 bits per heavy atom. The number of nitrogens with zero attached hydrogens (tertiary/aromatic N) is 2. The van der Waals surface area contributed by atoms with Gasteiger partial charge in [-0.3, -0.25) is 9.36 Å². The van der Waals surface area contributed by atoms with E-state index in [0.717, 1.165) is 24.8 Å². The predicted molar refractivity (Wildman–Crippen MR) is 84.5 cm³/mol. The van der Waals surface area contributed by atoms with Gasteiger partial charge in [-0.25, -0.2) is 4.98 Å². The minimum absolute atomic E-state index is 0.0155. The van der Waals surface area contributed by atoms with E-state index in [-0.39, 0.29) is 17.0 Å². The summed E-state index contributed by atoms with van der Waals surface area (Å²) in [7, 11) is 0. The summed E-state index contributed by atoms with van der Waals surface area (Å²) in [4.78, 5) is 17.3. The number of hydrogen-bond acceptors (Lipinski definition) is 2. The molecule has 0 aliphatic rings. The molecule has 4 heteroatoms. The van der Waals surface area contributed by atoms with Gasteiger partial charge in [0.05, 0.1) is 16.3 Å². The van der Waals surface area contributed by atoms with E-state index in [1.807, 2.05) is 31.2 Å². The Balaban J connectivity index is 2.63. The standard InChI is InChI=1S/C16H21ClN2O/c1-4-5-8-11(2)19-15(12(3)17)18-14-10-7-6-9-13(14)16(19)20/h6-7,9-12H,4-5,8H2,1-3H3. The van der Waals surface area contributed by atoms with Gasteiger partial charge in [-0.1, -0.05) is 31.9 Å². The van der Waals surface area contributed by atoms with Gasteiger partial charge in [0.15, 0.2) is 0 Å². The summed E-state index contributed by atoms with van der Waals surface area (Å²) in [5, 5.41) is 0.383. The molecule has 0 aliphatic carbocycles. The van der Waals surface area contributed by atoms with Crippen molar-refractivity contribution < 1.29 is 0 Å². The third-order valence-corrected chi connectivity index (χ3v) is 3.80. The van der Waals surface area contributed by atoms with E-state index >= 15 is 0 Å². The summed E-state index contributed by atoms with van der Waals surface area (Å²) >= 11 is 6.24. The second-order valence-electron chi connectivity index (χ2n) is 5.27. The molecule has 20 heavy (non-hydrogen) atoms. The lowest BCUT2D eigenvalue weighted by Crippen LogP contribution is -2.28. The quantitative estimate of drug-likeness (QED) is 0.763. The summed E-state index contributed by atoms with van der Waals surface area (Å²) in [6, 6.07) is 7.57. The second-order valence-corrected chi connectivity index (χ2v) is 5.92. The van der Waals surface area contributed by atoms with Gasteiger partial charge in [-0.15, -0.1) is 11.6 Å². The zero-order chi connectivity index (χ0) is 14.7. The van der Waals surface area contributed by atoms with Crippen LogP contribution in [-0.2, 0) is 0 Å². The first-order chi connectivity index (χ1) is 9.56. The molecule has 0 aliphatic heterocycles. The van der Waals surface area contributed by atoms with Crippen LogP contribution in [0.5, 0.6) is 0 Å². The van der Waals surface area contributed by atoms with Crippen LogP contribution in [0.25, 0.3) is 10.9 Å². The smallest absolute Gasteiger partial charge is 0.261 e. The minimum Gasteiger partial charge on any atom is -0.292 e. The molecule has 0 bridgehead atoms. The molecule has 2 atom stereocenters. The first-order valence-corrected chi connectivity index (χ1v) is 7.65. The predicted octanol–water partition coefficient (Wildman–Crippen LogP) is 4.45. The van der Waals surface area contributed by atoms with Gasteiger partial charge in [0, 0.05) is 6.04 Å². The molecule has 1 aromatic heterocycles. The van der Waals surface area contributed by atoms with Crippen LogP contribution in [0.4, 0.5) is 0 Å². The molecule has 0 spiro atoms. The maximum atomic E-state index is 12.7. The lowest BCUT2D eigenvalue weighted by molar-refractivity contribution is 0.452. The van der Waals surface area contributed by atoms with E-state index < -0.39 is 0 Å². The zero-order valence-electron chi connectivity index (χ0n) is 12.3. The number of fused-ring (bicyclic) bond motifs is 1. The highest BCUT2D eigenvalue weighted by molar-refractivity contribution is 6.20. The second kappa shape index (κ2) is 6.40. The third-order valence-electron chi connectivity index (χ3n) is 3.61. The molecule has 1 aromatic carbocycles. The number of rotatable bonds is 5. The highest BCUT2D eigenvalue weighted by Crippen LogP contribution is 2.23. The van der Waals surface area contributed by atoms with Crippen molar-refractivity contribution in [3.63, 3.8) is 0 Å². The number of halogens is 1. The van der Waals surface area contributed by atoms with Crippen molar-refractivity contribution in [3.05, 3.63) is 40.4 Å². The van der Waals surface area contributed by atoms with E-state index in [0.29, 0.717) is 11.2 Å². The molecule has 1 heterocycles. The van der Waals surface area contributed by atoms with E-state index in [1.54, 1.807) is 4.57 Å². The van der Waals surface area contributed by atoms with Crippen LogP contribution in [0.3, 0.4) is 0 Å². The number of benzene rings is 1. The van der Waals surface area contributed by atoms with Crippen molar-refractivity contribution in [1.82, 2.24) is 9.55 Å². The van der Waals surface area contributed by atoms with Crippen LogP contribution >= 0.6 is 11.6 Å². The third kappa shape index (κ3) is 2.88. The molecule has 0 amide bonds. The van der Waals surface area contributed by atoms with Crippen LogP contribution in [0.1, 0.15) is 57.3 Å². The summed E-state index contributed by atoms with van der Waals surface area (Å²) in [5.74, 6) is 0.666. The van der Waals surface area contributed by atoms with Crippen molar-refractivity contribution in [2.45, 2.75) is 51.5 Å². The molecule has 2 rings (SSSR count). The van der Waals surface area contributed by atoms with Crippen molar-refractivity contribution in [3.8, 4) is 0 Å². The SMILES string of the molecule is CCCCC(C)n1c(C(C)Cl)nc2ccccc2c1=O. The Morgan fingerprint density at radius 3 is 2.65 bits per heavy atom. The number of alkyl halides is 1. The highest BCUT2D eigenvalue weighted by atomic mass is 35.5. The average Bonchev–Trinajstić information content (AvgIpc) is 2.44. The largest absolute Gasteiger partial charge is 0.292 e. The molecule has 3 nitrogen and oxygen atoms in total. The van der Waals surface area contributed by atoms with Crippen molar-refractivity contribution in [1.29, 1.82) is 0 Å². The Labute approximate surface area is 124 Å². The first kappa shape index (κ1) is 15.0. The fraction of sp³-hybridized carbons (Fsp3) is 0.500. The Kier molecular flexibility index (Phi) is 4.81. The van der Waals surface area contributed by atoms with Crippen molar-refractivity contribution in [2.24, 2.45) is 0 Å². The summed E-state index contributed by atoms with van der Waals surface area (Å²) in [5.41, 5.74) is 0.737. The molecule has 2 unspecified atom stereocenters. The number of para-hydroxylation sites is 1. The van der Waals surface area contributed by atoms with Gasteiger partial charge >= 0.3 is 0 Å². The Morgan fingerprint density at radius 2 is 2.00 bits per heavy atom. The summed E-state index contributed by atoms with van der Waals surface area (Å²) in [6.45, 7) is 6.08. The minimum atomic E-state index is -0.281. The van der Waals surface area contributed by atoms with Gasteiger partial charge in [-0.2, -0.15) is 0 Å². The Hall–Kier alpha value is -1.35. The number of hydrogen-bond donors (Lipinski definition) is 0. The van der Waals surface area contributed by atoms with Crippen molar-refractivity contribution >= 4 is 22.5 Å². The van der Waals surface area contributed by atoms with E-state index in [9.17, 15) is 4.79 Å². The molecule has 0 radical (unpaired) electrons. The molecule has 108 valence electrons. The van der Waals surface area contributed by atoms with Crippen LogP contribution < -0.4 is 5.56 Å². The van der Waals surface area contributed by atoms with Crippen LogP contribution in [0, 0.1) is 0 Å². The van der Waals surface area contributed by atoms with Gasteiger partial charge in [0.1, 0.15) is 5.82 Å². The molecule has 0 N–H and O–H groups in total. The fourth-order valence-corrected chi connectivity index (χ4v) is 2.65. The average molecular weight is 293 g/mol. The topological polar surface area (TPSA) is 34.9 Å². The van der Waals surface area contributed by atoms with E-state index in [4.69, 9.17) is 11.6 Å². The number of unbranched alkanes of at least 4 members (excludes halogenated alkanes) is 1. The van der Waals surface area contributed by atoms with E-state index in [2.05, 4.69) is 18.8 Å². The zero-order valence-corrected chi connectivity index (χ0v) is 13.0. The molecular formula is C16H21ClN2O. The molecule has 0 fully saturated rings. The maximum Gasteiger partial charge on any atom is 0.261 e. The lowest BCUT2D eigenvalue weighted by Gasteiger charge is -2.20. The molecule has 0 saturated carbocycles. The van der Waals surface area contributed by atoms with E-state index in [1.165, 1.54) is 0 Å². The van der Waals surface area contributed by atoms with Gasteiger partial charge in [-0.05, 0) is 32.4 Å². The van der Waals surface area contributed by atoms with Crippen LogP contribution in [0.15, 0.2) is 29.1 Å². The first-order valence-electron chi connectivity index (χ1n) is 7.21. The normalized spacial score (nSPS) is 14.4. The molecule has 0 saturated heterocycles. The fourth-order valence-electron chi connectivity index (χ4n) is 2.50. The maximum absolute atomic E-state index is 12.7. The Bertz CT molecular complexity index is 648. The van der Waals surface area contributed by atoms with Crippen molar-refractivity contribution in [2.75, 3.05) is 0 Å². The summed E-state index contributed by atoms with van der Waals surface area (Å²) < 4.78 is 1.77. The summed E-state index contributed by atoms with van der Waals surface area (Å²) in [6.07, 6.45) is 3.18. The van der Waals surface area contributed by atoms with Gasteiger partial charge < -0.3 is 0 Å². The van der Waals surface area contributed by atoms with Gasteiger partial charge in [0.25, 0.3) is 5.56 Å². The lowest BCUT2D eigenvalue weighted by atomic mass is 10.1.